The fourth-order valence-electron chi connectivity index (χ4n) is 9.68. The lowest BCUT2D eigenvalue weighted by Gasteiger charge is -2.32. The van der Waals surface area contributed by atoms with E-state index in [2.05, 4.69) is 15.4 Å². The molecule has 8 rings (SSSR count). The summed E-state index contributed by atoms with van der Waals surface area (Å²) in [6.07, 6.45) is 10.9. The number of para-hydroxylation sites is 1. The molecule has 6 aliphatic rings. The smallest absolute Gasteiger partial charge is 0.408 e. The molecule has 0 radical (unpaired) electrons. The number of allylic oxidation sites excluding steroid dienone is 2. The van der Waals surface area contributed by atoms with Gasteiger partial charge in [0.25, 0.3) is 11.5 Å². The van der Waals surface area contributed by atoms with Gasteiger partial charge in [-0.2, -0.15) is 4.98 Å². The van der Waals surface area contributed by atoms with E-state index in [1.165, 1.54) is 16.6 Å². The number of nitrogens with zero attached hydrogens (tertiary/aromatic N) is 3. The van der Waals surface area contributed by atoms with Crippen molar-refractivity contribution in [1.29, 1.82) is 0 Å². The van der Waals surface area contributed by atoms with Gasteiger partial charge in [0.05, 0.1) is 24.3 Å². The van der Waals surface area contributed by atoms with Gasteiger partial charge in [-0.15, -0.1) is 0 Å². The second kappa shape index (κ2) is 16.2. The second-order valence-corrected chi connectivity index (χ2v) is 18.9. The highest BCUT2D eigenvalue weighted by Gasteiger charge is 2.62. The van der Waals surface area contributed by atoms with Crippen LogP contribution in [0.5, 0.6) is 11.8 Å². The summed E-state index contributed by atoms with van der Waals surface area (Å²) in [4.78, 5) is 77.0. The summed E-state index contributed by atoms with van der Waals surface area (Å²) in [5.41, 5.74) is -1.51. The number of hydrogen-bond donors (Lipinski definition) is 3. The molecule has 2 bridgehead atoms. The molecule has 314 valence electrons. The number of carbonyl (C=O) groups excluding carboxylic acids is 4. The van der Waals surface area contributed by atoms with Crippen molar-refractivity contribution >= 4 is 44.7 Å². The van der Waals surface area contributed by atoms with Crippen LogP contribution in [0, 0.1) is 17.8 Å². The molecule has 7 atom stereocenters. The average molecular weight is 823 g/mol. The lowest BCUT2D eigenvalue weighted by Crippen LogP contribution is -2.59. The minimum atomic E-state index is -3.90. The van der Waals surface area contributed by atoms with Crippen molar-refractivity contribution in [3.05, 3.63) is 40.7 Å². The average Bonchev–Trinajstić information content (AvgIpc) is 3.99. The van der Waals surface area contributed by atoms with Crippen molar-refractivity contribution in [2.24, 2.45) is 17.8 Å². The first-order chi connectivity index (χ1) is 27.9. The van der Waals surface area contributed by atoms with Gasteiger partial charge in [0.15, 0.2) is 0 Å². The normalized spacial score (nSPS) is 31.2. The molecule has 16 nitrogen and oxygen atoms in total. The third-order valence-corrected chi connectivity index (χ3v) is 15.0. The van der Waals surface area contributed by atoms with Crippen molar-refractivity contribution in [2.45, 2.75) is 138 Å². The Morgan fingerprint density at radius 1 is 1.00 bits per heavy atom. The van der Waals surface area contributed by atoms with Gasteiger partial charge in [0.1, 0.15) is 41.1 Å². The topological polar surface area (TPSA) is 204 Å². The van der Waals surface area contributed by atoms with Crippen LogP contribution in [0.2, 0.25) is 0 Å². The SMILES string of the molecule is CC[C@@H]1C[C@]1(NC(=O)[C@@H]1C[C@@H]2CN1C(=O)[C@H](C1CCCC1)NC(=O)O[C@@H]1CCC[C@H]1CC/C=C/Cn1c(nc3c(OC)cccc3c1=O)O2)C(=O)NS(=O)(=O)C1CC1. The van der Waals surface area contributed by atoms with Gasteiger partial charge in [0, 0.05) is 13.0 Å². The molecular formula is C41H54N6O10S. The zero-order chi connectivity index (χ0) is 40.8. The van der Waals surface area contributed by atoms with Gasteiger partial charge in [-0.25, -0.2) is 13.2 Å². The Kier molecular flexibility index (Phi) is 11.2. The van der Waals surface area contributed by atoms with Crippen LogP contribution in [0.15, 0.2) is 35.1 Å². The van der Waals surface area contributed by atoms with Crippen LogP contribution < -0.4 is 30.4 Å². The zero-order valence-electron chi connectivity index (χ0n) is 33.2. The Balaban J connectivity index is 1.16. The highest BCUT2D eigenvalue weighted by molar-refractivity contribution is 7.91. The number of amides is 4. The number of fused-ring (bicyclic) bond motifs is 5. The standard InChI is InChI=1S/C41H54N6O10S/c1-3-26-22-41(26,38(51)45-58(53,54)28-18-19-28)44-35(48)30-21-27-23-47(30)37(50)33(25-12-6-7-13-25)43-40(52)57-31-16-9-14-24(31)11-5-4-8-20-46-36(49)29-15-10-17-32(55-2)34(29)42-39(46)56-27/h4,8,10,15,17,24-28,30-31,33H,3,5-7,9,11-14,16,18-23H2,1-2H3,(H,43,52)(H,44,48)(H,45,51)/b8-4+/t24-,26-,27-,30+,31-,33+,41-/m1/s1. The largest absolute Gasteiger partial charge is 0.494 e. The van der Waals surface area contributed by atoms with Gasteiger partial charge in [-0.1, -0.05) is 44.4 Å². The molecule has 5 fully saturated rings. The molecular weight excluding hydrogens is 769 g/mol. The number of nitrogens with one attached hydrogen (secondary N) is 3. The molecule has 0 spiro atoms. The van der Waals surface area contributed by atoms with E-state index < -0.39 is 62.8 Å². The molecule has 1 aromatic carbocycles. The second-order valence-electron chi connectivity index (χ2n) is 16.9. The van der Waals surface area contributed by atoms with Gasteiger partial charge in [0.2, 0.25) is 21.8 Å². The number of ether oxygens (including phenoxy) is 3. The van der Waals surface area contributed by atoms with Crippen molar-refractivity contribution in [3.8, 4) is 11.8 Å². The van der Waals surface area contributed by atoms with Gasteiger partial charge in [-0.05, 0) is 94.1 Å². The highest BCUT2D eigenvalue weighted by atomic mass is 32.2. The van der Waals surface area contributed by atoms with Crippen LogP contribution >= 0.6 is 0 Å². The van der Waals surface area contributed by atoms with E-state index in [4.69, 9.17) is 19.2 Å². The summed E-state index contributed by atoms with van der Waals surface area (Å²) in [6.45, 7) is 1.91. The Hall–Kier alpha value is -4.67. The summed E-state index contributed by atoms with van der Waals surface area (Å²) >= 11 is 0. The minimum Gasteiger partial charge on any atom is -0.494 e. The summed E-state index contributed by atoms with van der Waals surface area (Å²) in [5, 5.41) is 5.51. The number of hydrogen-bond acceptors (Lipinski definition) is 11. The first kappa shape index (κ1) is 40.1. The number of alkyl carbamates (subject to hydrolysis) is 1. The molecule has 1 saturated heterocycles. The Morgan fingerprint density at radius 3 is 2.50 bits per heavy atom. The Bertz CT molecular complexity index is 2150. The van der Waals surface area contributed by atoms with Gasteiger partial charge >= 0.3 is 12.1 Å². The number of carbonyl (C=O) groups is 4. The van der Waals surface area contributed by atoms with E-state index in [9.17, 15) is 32.4 Å². The lowest BCUT2D eigenvalue weighted by molar-refractivity contribution is -0.142. The van der Waals surface area contributed by atoms with Crippen molar-refractivity contribution < 1.29 is 41.8 Å². The molecule has 4 saturated carbocycles. The maximum Gasteiger partial charge on any atom is 0.408 e. The summed E-state index contributed by atoms with van der Waals surface area (Å²) < 4.78 is 47.4. The van der Waals surface area contributed by atoms with E-state index in [0.29, 0.717) is 55.2 Å². The minimum absolute atomic E-state index is 0.00880. The molecule has 17 heteroatoms. The quantitative estimate of drug-likeness (QED) is 0.329. The van der Waals surface area contributed by atoms with E-state index >= 15 is 0 Å². The fraction of sp³-hybridized carbons (Fsp3) is 0.659. The van der Waals surface area contributed by atoms with E-state index in [0.717, 1.165) is 38.5 Å². The van der Waals surface area contributed by atoms with E-state index in [1.807, 2.05) is 19.1 Å². The number of rotatable bonds is 8. The van der Waals surface area contributed by atoms with Crippen LogP contribution in [0.25, 0.3) is 10.9 Å². The molecule has 3 N–H and O–H groups in total. The molecule has 4 aliphatic carbocycles. The number of sulfonamides is 1. The molecule has 2 aromatic rings. The molecule has 58 heavy (non-hydrogen) atoms. The summed E-state index contributed by atoms with van der Waals surface area (Å²) in [5.74, 6) is -1.91. The fourth-order valence-corrected chi connectivity index (χ4v) is 11.0. The third-order valence-electron chi connectivity index (χ3n) is 13.2. The zero-order valence-corrected chi connectivity index (χ0v) is 34.0. The van der Waals surface area contributed by atoms with E-state index in [1.54, 1.807) is 18.2 Å². The maximum atomic E-state index is 14.9. The Morgan fingerprint density at radius 2 is 1.78 bits per heavy atom. The molecule has 0 unspecified atom stereocenters. The monoisotopic (exact) mass is 822 g/mol. The summed E-state index contributed by atoms with van der Waals surface area (Å²) in [6, 6.07) is 2.92. The van der Waals surface area contributed by atoms with Crippen LogP contribution in [0.1, 0.15) is 96.8 Å². The van der Waals surface area contributed by atoms with Crippen LogP contribution in [0.3, 0.4) is 0 Å². The van der Waals surface area contributed by atoms with Crippen LogP contribution in [-0.4, -0.2) is 95.4 Å². The first-order valence-corrected chi connectivity index (χ1v) is 22.5. The highest BCUT2D eigenvalue weighted by Crippen LogP contribution is 2.47. The molecule has 3 heterocycles. The number of methoxy groups -OCH3 is 1. The predicted octanol–water partition coefficient (Wildman–Crippen LogP) is 3.45. The first-order valence-electron chi connectivity index (χ1n) is 21.0. The molecule has 2 aliphatic heterocycles. The number of benzene rings is 1. The molecule has 1 aromatic heterocycles. The summed E-state index contributed by atoms with van der Waals surface area (Å²) in [7, 11) is -2.41. The number of aromatic nitrogens is 2. The van der Waals surface area contributed by atoms with Crippen molar-refractivity contribution in [1.82, 2.24) is 29.8 Å². The predicted molar refractivity (Wildman–Crippen MR) is 211 cm³/mol. The van der Waals surface area contributed by atoms with Crippen molar-refractivity contribution in [3.63, 3.8) is 0 Å². The van der Waals surface area contributed by atoms with Gasteiger partial charge < -0.3 is 29.7 Å². The maximum absolute atomic E-state index is 14.9. The van der Waals surface area contributed by atoms with Crippen molar-refractivity contribution in [2.75, 3.05) is 13.7 Å². The van der Waals surface area contributed by atoms with Crippen LogP contribution in [0.4, 0.5) is 4.79 Å². The lowest BCUT2D eigenvalue weighted by atomic mass is 9.96. The van der Waals surface area contributed by atoms with Gasteiger partial charge in [-0.3, -0.25) is 28.5 Å². The Labute approximate surface area is 337 Å². The van der Waals surface area contributed by atoms with E-state index in [-0.39, 0.29) is 61.4 Å². The third kappa shape index (κ3) is 7.90. The van der Waals surface area contributed by atoms with Crippen LogP contribution in [-0.2, 0) is 35.7 Å². The molecule has 4 amide bonds.